The number of nitrogens with zero attached hydrogens (tertiary/aromatic N) is 2. The van der Waals surface area contributed by atoms with Crippen molar-refractivity contribution >= 4 is 17.7 Å². The van der Waals surface area contributed by atoms with E-state index in [-0.39, 0.29) is 35.7 Å². The molecule has 0 bridgehead atoms. The van der Waals surface area contributed by atoms with Gasteiger partial charge in [0.15, 0.2) is 0 Å². The van der Waals surface area contributed by atoms with Crippen LogP contribution in [0, 0.1) is 0 Å². The van der Waals surface area contributed by atoms with Crippen LogP contribution in [0.1, 0.15) is 54.6 Å². The summed E-state index contributed by atoms with van der Waals surface area (Å²) in [6.07, 6.45) is 1.64. The highest BCUT2D eigenvalue weighted by Gasteiger charge is 2.40. The Morgan fingerprint density at radius 2 is 2.00 bits per heavy atom. The maximum Gasteiger partial charge on any atom is 0.255 e. The van der Waals surface area contributed by atoms with Crippen LogP contribution in [-0.2, 0) is 22.7 Å². The van der Waals surface area contributed by atoms with Gasteiger partial charge < -0.3 is 10.6 Å². The van der Waals surface area contributed by atoms with E-state index >= 15 is 0 Å². The topological polar surface area (TPSA) is 95.7 Å². The van der Waals surface area contributed by atoms with Crippen LogP contribution in [0.25, 0.3) is 0 Å². The lowest BCUT2D eigenvalue weighted by molar-refractivity contribution is -0.136. The highest BCUT2D eigenvalue weighted by atomic mass is 16.2. The van der Waals surface area contributed by atoms with Crippen molar-refractivity contribution in [2.75, 3.05) is 6.54 Å². The summed E-state index contributed by atoms with van der Waals surface area (Å²) in [7, 11) is 0. The van der Waals surface area contributed by atoms with E-state index in [0.29, 0.717) is 18.5 Å². The lowest BCUT2D eigenvalue weighted by Gasteiger charge is -2.34. The number of nitrogens with two attached hydrogens (primary N) is 1. The second-order valence-electron chi connectivity index (χ2n) is 8.36. The van der Waals surface area contributed by atoms with E-state index in [0.717, 1.165) is 30.6 Å². The maximum atomic E-state index is 12.8. The molecule has 1 aromatic rings. The van der Waals surface area contributed by atoms with E-state index < -0.39 is 6.04 Å². The molecule has 0 aromatic heterocycles. The van der Waals surface area contributed by atoms with Crippen molar-refractivity contribution in [3.63, 3.8) is 0 Å². The predicted octanol–water partition coefficient (Wildman–Crippen LogP) is 0.759. The second kappa shape index (κ2) is 6.42. The fraction of sp³-hybridized carbons (Fsp3) is 0.550. The molecule has 0 aliphatic carbocycles. The molecular weight excluding hydrogens is 344 g/mol. The second-order valence-corrected chi connectivity index (χ2v) is 8.36. The fourth-order valence-corrected chi connectivity index (χ4v) is 4.40. The summed E-state index contributed by atoms with van der Waals surface area (Å²) in [6.45, 7) is 6.52. The molecule has 2 unspecified atom stereocenters. The van der Waals surface area contributed by atoms with Crippen LogP contribution < -0.4 is 11.1 Å². The van der Waals surface area contributed by atoms with Gasteiger partial charge in [-0.1, -0.05) is 12.1 Å². The highest BCUT2D eigenvalue weighted by Crippen LogP contribution is 2.32. The summed E-state index contributed by atoms with van der Waals surface area (Å²) in [5, 5.41) is 2.34. The largest absolute Gasteiger partial charge is 0.326 e. The Morgan fingerprint density at radius 3 is 2.67 bits per heavy atom. The molecule has 3 heterocycles. The van der Waals surface area contributed by atoms with Gasteiger partial charge in [0.1, 0.15) is 6.04 Å². The van der Waals surface area contributed by atoms with Crippen LogP contribution >= 0.6 is 0 Å². The van der Waals surface area contributed by atoms with Gasteiger partial charge in [-0.05, 0) is 43.9 Å². The zero-order valence-corrected chi connectivity index (χ0v) is 15.8. The third-order valence-electron chi connectivity index (χ3n) is 6.39. The van der Waals surface area contributed by atoms with Crippen molar-refractivity contribution in [3.05, 3.63) is 34.9 Å². The Kier molecular flexibility index (Phi) is 4.31. The van der Waals surface area contributed by atoms with Crippen LogP contribution in [0.4, 0.5) is 0 Å². The van der Waals surface area contributed by atoms with Gasteiger partial charge >= 0.3 is 0 Å². The molecule has 2 atom stereocenters. The summed E-state index contributed by atoms with van der Waals surface area (Å²) in [6, 6.07) is 5.52. The third kappa shape index (κ3) is 3.04. The smallest absolute Gasteiger partial charge is 0.255 e. The molecule has 2 saturated heterocycles. The molecular formula is C20H26N4O3. The Hall–Kier alpha value is -2.25. The summed E-state index contributed by atoms with van der Waals surface area (Å²) in [5.74, 6) is -0.774. The molecule has 0 spiro atoms. The average molecular weight is 370 g/mol. The van der Waals surface area contributed by atoms with E-state index in [1.165, 1.54) is 0 Å². The first-order chi connectivity index (χ1) is 12.8. The molecule has 1 aromatic carbocycles. The standard InChI is InChI=1S/C20H26N4O3/c1-20(2)16(21)7-8-23(20)10-12-3-4-14-13(9-12)11-24(19(14)27)15-5-6-17(25)22-18(15)26/h3-4,9,15-16H,5-8,10-11,21H2,1-2H3,(H,22,25,26). The first kappa shape index (κ1) is 18.1. The predicted molar refractivity (Wildman–Crippen MR) is 99.6 cm³/mol. The number of amides is 3. The number of piperidine rings is 1. The maximum absolute atomic E-state index is 12.8. The molecule has 27 heavy (non-hydrogen) atoms. The van der Waals surface area contributed by atoms with Crippen LogP contribution in [0.2, 0.25) is 0 Å². The van der Waals surface area contributed by atoms with Crippen molar-refractivity contribution in [1.82, 2.24) is 15.1 Å². The first-order valence-corrected chi connectivity index (χ1v) is 9.54. The zero-order chi connectivity index (χ0) is 19.3. The molecule has 3 aliphatic heterocycles. The van der Waals surface area contributed by atoms with Gasteiger partial charge in [-0.3, -0.25) is 24.6 Å². The van der Waals surface area contributed by atoms with Crippen LogP contribution in [0.15, 0.2) is 18.2 Å². The van der Waals surface area contributed by atoms with Gasteiger partial charge in [-0.25, -0.2) is 0 Å². The van der Waals surface area contributed by atoms with E-state index in [9.17, 15) is 14.4 Å². The molecule has 7 heteroatoms. The number of carbonyl (C=O) groups is 3. The Morgan fingerprint density at radius 1 is 1.22 bits per heavy atom. The van der Waals surface area contributed by atoms with E-state index in [4.69, 9.17) is 5.73 Å². The minimum Gasteiger partial charge on any atom is -0.326 e. The number of hydrogen-bond acceptors (Lipinski definition) is 5. The zero-order valence-electron chi connectivity index (χ0n) is 15.8. The highest BCUT2D eigenvalue weighted by molar-refractivity contribution is 6.05. The Bertz CT molecular complexity index is 819. The van der Waals surface area contributed by atoms with Crippen molar-refractivity contribution in [1.29, 1.82) is 0 Å². The number of rotatable bonds is 3. The number of carbonyl (C=O) groups excluding carboxylic acids is 3. The van der Waals surface area contributed by atoms with Gasteiger partial charge in [-0.2, -0.15) is 0 Å². The third-order valence-corrected chi connectivity index (χ3v) is 6.39. The van der Waals surface area contributed by atoms with Gasteiger partial charge in [0.05, 0.1) is 0 Å². The first-order valence-electron chi connectivity index (χ1n) is 9.54. The number of imide groups is 1. The number of benzene rings is 1. The van der Waals surface area contributed by atoms with Crippen molar-refractivity contribution in [3.8, 4) is 0 Å². The number of fused-ring (bicyclic) bond motifs is 1. The normalized spacial score (nSPS) is 27.8. The number of hydrogen-bond donors (Lipinski definition) is 2. The van der Waals surface area contributed by atoms with Gasteiger partial charge in [0.25, 0.3) is 5.91 Å². The summed E-state index contributed by atoms with van der Waals surface area (Å²) in [5.41, 5.74) is 8.93. The molecule has 2 fully saturated rings. The summed E-state index contributed by atoms with van der Waals surface area (Å²) >= 11 is 0. The minimum absolute atomic E-state index is 0.0480. The monoisotopic (exact) mass is 370 g/mol. The van der Waals surface area contributed by atoms with Crippen molar-refractivity contribution in [2.24, 2.45) is 5.73 Å². The number of nitrogens with one attached hydrogen (secondary N) is 1. The molecule has 0 saturated carbocycles. The Labute approximate surface area is 158 Å². The molecule has 7 nitrogen and oxygen atoms in total. The van der Waals surface area contributed by atoms with Gasteiger partial charge in [0, 0.05) is 43.2 Å². The van der Waals surface area contributed by atoms with Crippen LogP contribution in [-0.4, -0.2) is 51.7 Å². The number of likely N-dealkylation sites (tertiary alicyclic amines) is 1. The summed E-state index contributed by atoms with van der Waals surface area (Å²) < 4.78 is 0. The quantitative estimate of drug-likeness (QED) is 0.766. The Balaban J connectivity index is 1.51. The lowest BCUT2D eigenvalue weighted by atomic mass is 9.96. The van der Waals surface area contributed by atoms with E-state index in [1.54, 1.807) is 4.90 Å². The van der Waals surface area contributed by atoms with E-state index in [2.05, 4.69) is 30.1 Å². The average Bonchev–Trinajstić information content (AvgIpc) is 3.06. The minimum atomic E-state index is -0.568. The molecule has 3 N–H and O–H groups in total. The van der Waals surface area contributed by atoms with Crippen LogP contribution in [0.3, 0.4) is 0 Å². The molecule has 3 amide bonds. The van der Waals surface area contributed by atoms with Gasteiger partial charge in [0.2, 0.25) is 11.8 Å². The molecule has 144 valence electrons. The van der Waals surface area contributed by atoms with Crippen molar-refractivity contribution < 1.29 is 14.4 Å². The SMILES string of the molecule is CC1(C)C(N)CCN1Cc1ccc2c(c1)CN(C1CCC(=O)NC1=O)C2=O. The fourth-order valence-electron chi connectivity index (χ4n) is 4.40. The molecule has 4 rings (SSSR count). The molecule has 3 aliphatic rings. The molecule has 0 radical (unpaired) electrons. The summed E-state index contributed by atoms with van der Waals surface area (Å²) in [4.78, 5) is 40.2. The van der Waals surface area contributed by atoms with Crippen molar-refractivity contribution in [2.45, 2.75) is 63.8 Å². The lowest BCUT2D eigenvalue weighted by Crippen LogP contribution is -2.52. The van der Waals surface area contributed by atoms with Gasteiger partial charge in [-0.15, -0.1) is 0 Å². The van der Waals surface area contributed by atoms with E-state index in [1.807, 2.05) is 12.1 Å². The van der Waals surface area contributed by atoms with Crippen LogP contribution in [0.5, 0.6) is 0 Å².